The van der Waals surface area contributed by atoms with Crippen LogP contribution >= 0.6 is 0 Å². The summed E-state index contributed by atoms with van der Waals surface area (Å²) in [4.78, 5) is 5.18. The van der Waals surface area contributed by atoms with E-state index >= 15 is 0 Å². The lowest BCUT2D eigenvalue weighted by atomic mass is 10.1. The van der Waals surface area contributed by atoms with Gasteiger partial charge in [0.05, 0.1) is 0 Å². The van der Waals surface area contributed by atoms with E-state index in [2.05, 4.69) is 35.9 Å². The molecule has 1 atom stereocenters. The maximum absolute atomic E-state index is 3.25. The van der Waals surface area contributed by atoms with Crippen LogP contribution in [0.15, 0.2) is 0 Å². The van der Waals surface area contributed by atoms with Gasteiger partial charge < -0.3 is 10.2 Å². The van der Waals surface area contributed by atoms with E-state index in [9.17, 15) is 0 Å². The molecule has 1 aliphatic rings. The summed E-state index contributed by atoms with van der Waals surface area (Å²) >= 11 is 0. The van der Waals surface area contributed by atoms with Crippen molar-refractivity contribution in [1.82, 2.24) is 15.1 Å². The van der Waals surface area contributed by atoms with Crippen LogP contribution in [0.1, 0.15) is 20.8 Å². The lowest BCUT2D eigenvalue weighted by Gasteiger charge is -2.38. The zero-order chi connectivity index (χ0) is 11.3. The number of rotatable bonds is 5. The number of piperazine rings is 1. The van der Waals surface area contributed by atoms with Gasteiger partial charge in [-0.25, -0.2) is 0 Å². The smallest absolute Gasteiger partial charge is 0.0193 e. The third-order valence-corrected chi connectivity index (χ3v) is 3.15. The van der Waals surface area contributed by atoms with Gasteiger partial charge in [0.2, 0.25) is 0 Å². The van der Waals surface area contributed by atoms with Crippen LogP contribution in [-0.2, 0) is 0 Å². The fraction of sp³-hybridized carbons (Fsp3) is 1.00. The van der Waals surface area contributed by atoms with Crippen LogP contribution in [0, 0.1) is 5.92 Å². The second-order valence-corrected chi connectivity index (χ2v) is 5.14. The second kappa shape index (κ2) is 6.46. The molecule has 90 valence electrons. The fourth-order valence-electron chi connectivity index (χ4n) is 2.33. The monoisotopic (exact) mass is 213 g/mol. The van der Waals surface area contributed by atoms with Crippen molar-refractivity contribution >= 4 is 0 Å². The normalized spacial score (nSPS) is 22.2. The Labute approximate surface area is 94.8 Å². The van der Waals surface area contributed by atoms with Gasteiger partial charge in [-0.2, -0.15) is 0 Å². The SMILES string of the molecule is CNCC(C)N1CCN(CC(C)C)CC1. The largest absolute Gasteiger partial charge is 0.318 e. The third kappa shape index (κ3) is 4.49. The Bertz CT molecular complexity index is 162. The van der Waals surface area contributed by atoms with Crippen LogP contribution in [0.4, 0.5) is 0 Å². The van der Waals surface area contributed by atoms with E-state index in [-0.39, 0.29) is 0 Å². The van der Waals surface area contributed by atoms with Gasteiger partial charge >= 0.3 is 0 Å². The van der Waals surface area contributed by atoms with E-state index in [4.69, 9.17) is 0 Å². The van der Waals surface area contributed by atoms with E-state index in [1.807, 2.05) is 7.05 Å². The van der Waals surface area contributed by atoms with Crippen LogP contribution in [0.5, 0.6) is 0 Å². The minimum Gasteiger partial charge on any atom is -0.318 e. The molecule has 0 amide bonds. The first-order valence-electron chi connectivity index (χ1n) is 6.24. The van der Waals surface area contributed by atoms with E-state index in [1.165, 1.54) is 32.7 Å². The fourth-order valence-corrected chi connectivity index (χ4v) is 2.33. The first-order chi connectivity index (χ1) is 7.13. The molecule has 0 saturated carbocycles. The Balaban J connectivity index is 2.23. The minimum atomic E-state index is 0.677. The molecule has 0 radical (unpaired) electrons. The Morgan fingerprint density at radius 2 is 1.67 bits per heavy atom. The van der Waals surface area contributed by atoms with Gasteiger partial charge in [-0.15, -0.1) is 0 Å². The Morgan fingerprint density at radius 1 is 1.07 bits per heavy atom. The average molecular weight is 213 g/mol. The lowest BCUT2D eigenvalue weighted by molar-refractivity contribution is 0.0950. The molecule has 0 aliphatic carbocycles. The predicted octanol–water partition coefficient (Wildman–Crippen LogP) is 0.868. The van der Waals surface area contributed by atoms with Crippen LogP contribution in [0.3, 0.4) is 0 Å². The highest BCUT2D eigenvalue weighted by Crippen LogP contribution is 2.07. The molecule has 15 heavy (non-hydrogen) atoms. The molecule has 0 aromatic rings. The van der Waals surface area contributed by atoms with Crippen molar-refractivity contribution in [1.29, 1.82) is 0 Å². The van der Waals surface area contributed by atoms with Crippen LogP contribution in [-0.4, -0.2) is 62.2 Å². The Morgan fingerprint density at radius 3 is 2.13 bits per heavy atom. The van der Waals surface area contributed by atoms with Crippen molar-refractivity contribution < 1.29 is 0 Å². The van der Waals surface area contributed by atoms with Crippen LogP contribution in [0.2, 0.25) is 0 Å². The maximum atomic E-state index is 3.25. The molecule has 1 heterocycles. The van der Waals surface area contributed by atoms with Gasteiger partial charge in [-0.05, 0) is 19.9 Å². The summed E-state index contributed by atoms with van der Waals surface area (Å²) in [5.74, 6) is 0.797. The minimum absolute atomic E-state index is 0.677. The highest BCUT2D eigenvalue weighted by Gasteiger charge is 2.20. The number of hydrogen-bond donors (Lipinski definition) is 1. The molecule has 1 rings (SSSR count). The lowest BCUT2D eigenvalue weighted by Crippen LogP contribution is -2.52. The molecule has 1 N–H and O–H groups in total. The molecule has 0 aromatic carbocycles. The summed E-state index contributed by atoms with van der Waals surface area (Å²) in [6.07, 6.45) is 0. The average Bonchev–Trinajstić information content (AvgIpc) is 2.18. The first-order valence-corrected chi connectivity index (χ1v) is 6.24. The van der Waals surface area contributed by atoms with E-state index in [0.29, 0.717) is 6.04 Å². The van der Waals surface area contributed by atoms with Crippen LogP contribution in [0.25, 0.3) is 0 Å². The first kappa shape index (κ1) is 12.9. The molecule has 3 nitrogen and oxygen atoms in total. The molecule has 1 unspecified atom stereocenters. The number of likely N-dealkylation sites (N-methyl/N-ethyl adjacent to an activating group) is 1. The van der Waals surface area contributed by atoms with Crippen LogP contribution < -0.4 is 5.32 Å². The van der Waals surface area contributed by atoms with Crippen molar-refractivity contribution in [3.8, 4) is 0 Å². The molecule has 0 spiro atoms. The zero-order valence-corrected chi connectivity index (χ0v) is 10.8. The topological polar surface area (TPSA) is 18.5 Å². The molecular formula is C12H27N3. The van der Waals surface area contributed by atoms with Gasteiger partial charge in [0.1, 0.15) is 0 Å². The molecule has 1 saturated heterocycles. The van der Waals surface area contributed by atoms with E-state index in [1.54, 1.807) is 0 Å². The summed E-state index contributed by atoms with van der Waals surface area (Å²) < 4.78 is 0. The quantitative estimate of drug-likeness (QED) is 0.731. The number of nitrogens with one attached hydrogen (secondary N) is 1. The van der Waals surface area contributed by atoms with Crippen molar-refractivity contribution in [3.63, 3.8) is 0 Å². The molecule has 1 aliphatic heterocycles. The summed E-state index contributed by atoms with van der Waals surface area (Å²) in [6, 6.07) is 0.677. The van der Waals surface area contributed by atoms with Gasteiger partial charge in [-0.1, -0.05) is 13.8 Å². The van der Waals surface area contributed by atoms with Crippen molar-refractivity contribution in [2.75, 3.05) is 46.3 Å². The molecular weight excluding hydrogens is 186 g/mol. The van der Waals surface area contributed by atoms with Gasteiger partial charge in [0.25, 0.3) is 0 Å². The van der Waals surface area contributed by atoms with Crippen molar-refractivity contribution in [3.05, 3.63) is 0 Å². The van der Waals surface area contributed by atoms with Crippen molar-refractivity contribution in [2.24, 2.45) is 5.92 Å². The predicted molar refractivity (Wildman–Crippen MR) is 66.2 cm³/mol. The Hall–Kier alpha value is -0.120. The summed E-state index contributed by atoms with van der Waals surface area (Å²) in [6.45, 7) is 14.2. The molecule has 0 bridgehead atoms. The highest BCUT2D eigenvalue weighted by molar-refractivity contribution is 4.77. The maximum Gasteiger partial charge on any atom is 0.0193 e. The van der Waals surface area contributed by atoms with Gasteiger partial charge in [-0.3, -0.25) is 4.90 Å². The van der Waals surface area contributed by atoms with E-state index in [0.717, 1.165) is 12.5 Å². The van der Waals surface area contributed by atoms with E-state index < -0.39 is 0 Å². The Kier molecular flexibility index (Phi) is 5.58. The van der Waals surface area contributed by atoms with Gasteiger partial charge in [0, 0.05) is 45.3 Å². The molecule has 0 aromatic heterocycles. The standard InChI is InChI=1S/C12H27N3/c1-11(2)10-14-5-7-15(8-6-14)12(3)9-13-4/h11-13H,5-10H2,1-4H3. The van der Waals surface area contributed by atoms with Gasteiger partial charge in [0.15, 0.2) is 0 Å². The van der Waals surface area contributed by atoms with Crippen molar-refractivity contribution in [2.45, 2.75) is 26.8 Å². The summed E-state index contributed by atoms with van der Waals surface area (Å²) in [5.41, 5.74) is 0. The molecule has 1 fully saturated rings. The second-order valence-electron chi connectivity index (χ2n) is 5.14. The zero-order valence-electron chi connectivity index (χ0n) is 10.8. The number of nitrogens with zero attached hydrogens (tertiary/aromatic N) is 2. The number of hydrogen-bond acceptors (Lipinski definition) is 3. The molecule has 3 heteroatoms. The highest BCUT2D eigenvalue weighted by atomic mass is 15.3. The summed E-state index contributed by atoms with van der Waals surface area (Å²) in [5, 5.41) is 3.25. The third-order valence-electron chi connectivity index (χ3n) is 3.15. The summed E-state index contributed by atoms with van der Waals surface area (Å²) in [7, 11) is 2.03.